The zero-order chi connectivity index (χ0) is 31.4. The molecule has 0 spiro atoms. The first-order valence-corrected chi connectivity index (χ1v) is 15.7. The third-order valence-corrected chi connectivity index (χ3v) is 8.47. The highest BCUT2D eigenvalue weighted by Gasteiger charge is 2.35. The summed E-state index contributed by atoms with van der Waals surface area (Å²) >= 11 is 4.83. The molecule has 5 rings (SSSR count). The first-order chi connectivity index (χ1) is 21.2. The second-order valence-electron chi connectivity index (χ2n) is 10.3. The lowest BCUT2D eigenvalue weighted by Gasteiger charge is -2.26. The lowest BCUT2D eigenvalue weighted by atomic mass is 9.95. The van der Waals surface area contributed by atoms with E-state index >= 15 is 0 Å². The molecule has 0 unspecified atom stereocenters. The summed E-state index contributed by atoms with van der Waals surface area (Å²) < 4.78 is 20.2. The van der Waals surface area contributed by atoms with E-state index in [1.165, 1.54) is 11.3 Å². The van der Waals surface area contributed by atoms with Gasteiger partial charge in [-0.15, -0.1) is 0 Å². The van der Waals surface area contributed by atoms with E-state index in [1.54, 1.807) is 30.6 Å². The molecule has 0 aliphatic carbocycles. The minimum atomic E-state index is -0.777. The molecule has 0 N–H and O–H groups in total. The molecule has 2 heterocycles. The van der Waals surface area contributed by atoms with E-state index in [1.807, 2.05) is 74.5 Å². The quantitative estimate of drug-likeness (QED) is 0.209. The third-order valence-electron chi connectivity index (χ3n) is 6.87. The highest BCUT2D eigenvalue weighted by Crippen LogP contribution is 2.36. The molecule has 8 nitrogen and oxygen atoms in total. The van der Waals surface area contributed by atoms with Crippen molar-refractivity contribution < 1.29 is 19.0 Å². The van der Waals surface area contributed by atoms with Gasteiger partial charge in [0.05, 0.1) is 44.6 Å². The number of aromatic nitrogens is 1. The monoisotopic (exact) mass is 671 g/mol. The van der Waals surface area contributed by atoms with Crippen LogP contribution in [0, 0.1) is 11.3 Å². The Bertz CT molecular complexity index is 1990. The molecule has 1 aliphatic heterocycles. The molecule has 0 saturated heterocycles. The van der Waals surface area contributed by atoms with Gasteiger partial charge in [0.2, 0.25) is 0 Å². The summed E-state index contributed by atoms with van der Waals surface area (Å²) in [5.41, 5.74) is 3.31. The molecule has 0 bridgehead atoms. The van der Waals surface area contributed by atoms with Gasteiger partial charge in [-0.1, -0.05) is 53.8 Å². The number of carbonyl (C=O) groups is 1. The van der Waals surface area contributed by atoms with Crippen LogP contribution in [-0.4, -0.2) is 23.2 Å². The Morgan fingerprint density at radius 3 is 2.61 bits per heavy atom. The number of esters is 1. The van der Waals surface area contributed by atoms with Crippen molar-refractivity contribution in [3.05, 3.63) is 124 Å². The van der Waals surface area contributed by atoms with Crippen LogP contribution in [0.4, 0.5) is 0 Å². The van der Waals surface area contributed by atoms with E-state index in [9.17, 15) is 14.9 Å². The Balaban J connectivity index is 1.55. The zero-order valence-electron chi connectivity index (χ0n) is 24.7. The van der Waals surface area contributed by atoms with Gasteiger partial charge in [-0.25, -0.2) is 9.79 Å². The van der Waals surface area contributed by atoms with Crippen molar-refractivity contribution in [1.82, 2.24) is 4.57 Å². The lowest BCUT2D eigenvalue weighted by molar-refractivity contribution is -0.139. The molecule has 1 aliphatic rings. The minimum absolute atomic E-state index is 0.116. The maximum Gasteiger partial charge on any atom is 0.338 e. The zero-order valence-corrected chi connectivity index (χ0v) is 27.1. The molecule has 10 heteroatoms. The Hall–Kier alpha value is -4.46. The van der Waals surface area contributed by atoms with E-state index in [4.69, 9.17) is 14.2 Å². The van der Waals surface area contributed by atoms with Gasteiger partial charge >= 0.3 is 5.97 Å². The van der Waals surface area contributed by atoms with Crippen molar-refractivity contribution in [2.45, 2.75) is 46.4 Å². The van der Waals surface area contributed by atoms with Gasteiger partial charge in [-0.05, 0) is 79.5 Å². The number of benzene rings is 3. The van der Waals surface area contributed by atoms with Crippen LogP contribution in [-0.2, 0) is 16.1 Å². The Kier molecular flexibility index (Phi) is 9.47. The van der Waals surface area contributed by atoms with Crippen LogP contribution >= 0.6 is 27.3 Å². The van der Waals surface area contributed by atoms with Gasteiger partial charge < -0.3 is 14.2 Å². The number of halogens is 1. The predicted molar refractivity (Wildman–Crippen MR) is 172 cm³/mol. The van der Waals surface area contributed by atoms with Crippen LogP contribution in [0.5, 0.6) is 11.5 Å². The van der Waals surface area contributed by atoms with E-state index in [0.29, 0.717) is 47.7 Å². The maximum atomic E-state index is 14.0. The highest BCUT2D eigenvalue weighted by atomic mass is 79.9. The SMILES string of the molecule is CCOC(=O)C1=C(C)N=c2s/c(=C/c3ccc(OCc4ccccc4C#N)c(Br)c3)c(=O)n2[C@@H]1c1ccccc1OC(C)C. The number of carbonyl (C=O) groups excluding carboxylic acids is 1. The number of allylic oxidation sites excluding steroid dienone is 1. The van der Waals surface area contributed by atoms with Gasteiger partial charge in [0.1, 0.15) is 24.1 Å². The number of nitriles is 1. The summed E-state index contributed by atoms with van der Waals surface area (Å²) in [5.74, 6) is 0.660. The Morgan fingerprint density at radius 2 is 1.89 bits per heavy atom. The average molecular weight is 673 g/mol. The number of hydrogen-bond donors (Lipinski definition) is 0. The Morgan fingerprint density at radius 1 is 1.14 bits per heavy atom. The van der Waals surface area contributed by atoms with E-state index in [0.717, 1.165) is 11.1 Å². The van der Waals surface area contributed by atoms with Crippen LogP contribution in [0.1, 0.15) is 56.0 Å². The van der Waals surface area contributed by atoms with Crippen LogP contribution in [0.2, 0.25) is 0 Å². The van der Waals surface area contributed by atoms with Gasteiger partial charge in [0.15, 0.2) is 4.80 Å². The molecule has 44 heavy (non-hydrogen) atoms. The number of hydrogen-bond acceptors (Lipinski definition) is 8. The first-order valence-electron chi connectivity index (χ1n) is 14.1. The molecule has 4 aromatic rings. The number of para-hydroxylation sites is 1. The summed E-state index contributed by atoms with van der Waals surface area (Å²) in [6.45, 7) is 7.78. The molecular formula is C34H30BrN3O5S. The number of ether oxygens (including phenoxy) is 3. The largest absolute Gasteiger partial charge is 0.491 e. The maximum absolute atomic E-state index is 14.0. The molecule has 0 fully saturated rings. The highest BCUT2D eigenvalue weighted by molar-refractivity contribution is 9.10. The second kappa shape index (κ2) is 13.5. The fraction of sp³-hybridized carbons (Fsp3) is 0.235. The fourth-order valence-corrected chi connectivity index (χ4v) is 6.50. The summed E-state index contributed by atoms with van der Waals surface area (Å²) in [6.07, 6.45) is 1.68. The smallest absolute Gasteiger partial charge is 0.338 e. The summed E-state index contributed by atoms with van der Waals surface area (Å²) in [4.78, 5) is 32.4. The molecule has 1 aromatic heterocycles. The summed E-state index contributed by atoms with van der Waals surface area (Å²) in [6, 6.07) is 21.6. The first kappa shape index (κ1) is 31.0. The minimum Gasteiger partial charge on any atom is -0.491 e. The number of fused-ring (bicyclic) bond motifs is 1. The Labute approximate surface area is 267 Å². The number of rotatable bonds is 9. The van der Waals surface area contributed by atoms with Crippen molar-refractivity contribution in [2.24, 2.45) is 4.99 Å². The van der Waals surface area contributed by atoms with Crippen molar-refractivity contribution in [2.75, 3.05) is 6.61 Å². The van der Waals surface area contributed by atoms with E-state index in [-0.39, 0.29) is 24.9 Å². The molecule has 0 saturated carbocycles. The lowest BCUT2D eigenvalue weighted by Crippen LogP contribution is -2.40. The molecule has 3 aromatic carbocycles. The number of nitrogens with zero attached hydrogens (tertiary/aromatic N) is 3. The summed E-state index contributed by atoms with van der Waals surface area (Å²) in [5, 5.41) is 9.36. The average Bonchev–Trinajstić information content (AvgIpc) is 3.30. The van der Waals surface area contributed by atoms with Crippen molar-refractivity contribution in [3.8, 4) is 17.6 Å². The standard InChI is InChI=1S/C34H30BrN3O5S/c1-5-41-33(40)30-21(4)37-34-38(31(30)25-12-8-9-13-27(25)43-20(2)3)32(39)29(44-34)17-22-14-15-28(26(35)16-22)42-19-24-11-7-6-10-23(24)18-36/h6-17,20,31H,5,19H2,1-4H3/b29-17+/t31-/m1/s1. The molecule has 224 valence electrons. The second-order valence-corrected chi connectivity index (χ2v) is 12.1. The third kappa shape index (κ3) is 6.39. The van der Waals surface area contributed by atoms with Crippen LogP contribution in [0.3, 0.4) is 0 Å². The van der Waals surface area contributed by atoms with Crippen LogP contribution < -0.4 is 24.4 Å². The van der Waals surface area contributed by atoms with Crippen molar-refractivity contribution >= 4 is 39.3 Å². The molecule has 0 radical (unpaired) electrons. The normalized spacial score (nSPS) is 14.6. The van der Waals surface area contributed by atoms with E-state index in [2.05, 4.69) is 27.0 Å². The fourth-order valence-electron chi connectivity index (χ4n) is 4.94. The molecular weight excluding hydrogens is 642 g/mol. The summed E-state index contributed by atoms with van der Waals surface area (Å²) in [7, 11) is 0. The van der Waals surface area contributed by atoms with E-state index < -0.39 is 12.0 Å². The van der Waals surface area contributed by atoms with Gasteiger partial charge in [-0.2, -0.15) is 5.26 Å². The van der Waals surface area contributed by atoms with Crippen LogP contribution in [0.15, 0.2) is 92.3 Å². The molecule has 0 amide bonds. The number of thiazole rings is 1. The van der Waals surface area contributed by atoms with Crippen molar-refractivity contribution in [1.29, 1.82) is 5.26 Å². The van der Waals surface area contributed by atoms with Gasteiger partial charge in [0, 0.05) is 11.1 Å². The van der Waals surface area contributed by atoms with Crippen LogP contribution in [0.25, 0.3) is 6.08 Å². The predicted octanol–water partition coefficient (Wildman–Crippen LogP) is 5.80. The molecule has 1 atom stereocenters. The topological polar surface area (TPSA) is 103 Å². The van der Waals surface area contributed by atoms with Crippen molar-refractivity contribution in [3.63, 3.8) is 0 Å². The van der Waals surface area contributed by atoms with Gasteiger partial charge in [-0.3, -0.25) is 9.36 Å². The van der Waals surface area contributed by atoms with Gasteiger partial charge in [0.25, 0.3) is 5.56 Å².